The fraction of sp³-hybridized carbons (Fsp3) is 0.200. The number of nitrogens with zero attached hydrogens (tertiary/aromatic N) is 4. The van der Waals surface area contributed by atoms with Gasteiger partial charge in [0.25, 0.3) is 11.8 Å². The molecule has 0 saturated carbocycles. The van der Waals surface area contributed by atoms with Gasteiger partial charge in [-0.25, -0.2) is 4.52 Å². The van der Waals surface area contributed by atoms with Gasteiger partial charge in [0.1, 0.15) is 0 Å². The summed E-state index contributed by atoms with van der Waals surface area (Å²) in [4.78, 5) is 31.5. The van der Waals surface area contributed by atoms with Crippen LogP contribution in [-0.2, 0) is 0 Å². The van der Waals surface area contributed by atoms with Crippen LogP contribution < -0.4 is 5.32 Å². The van der Waals surface area contributed by atoms with E-state index in [4.69, 9.17) is 0 Å². The van der Waals surface area contributed by atoms with Crippen LogP contribution in [0.15, 0.2) is 73.2 Å². The smallest absolute Gasteiger partial charge is 0.257 e. The van der Waals surface area contributed by atoms with E-state index in [1.54, 1.807) is 29.0 Å². The van der Waals surface area contributed by atoms with Gasteiger partial charge in [0.15, 0.2) is 0 Å². The number of carbonyl (C=O) groups is 2. The quantitative estimate of drug-likeness (QED) is 0.529. The Morgan fingerprint density at radius 2 is 1.75 bits per heavy atom. The molecule has 32 heavy (non-hydrogen) atoms. The molecule has 160 valence electrons. The molecule has 1 N–H and O–H groups in total. The van der Waals surface area contributed by atoms with Gasteiger partial charge in [-0.15, -0.1) is 0 Å². The first kappa shape index (κ1) is 19.9. The Morgan fingerprint density at radius 3 is 2.56 bits per heavy atom. The number of carbonyl (C=O) groups excluding carboxylic acids is 2. The molecule has 2 amide bonds. The number of nitrogens with one attached hydrogen (secondary N) is 1. The number of amides is 2. The Balaban J connectivity index is 1.45. The highest BCUT2D eigenvalue weighted by Crippen LogP contribution is 2.26. The van der Waals surface area contributed by atoms with Gasteiger partial charge in [0.05, 0.1) is 28.5 Å². The average Bonchev–Trinajstić information content (AvgIpc) is 3.29. The number of hydrogen-bond donors (Lipinski definition) is 1. The zero-order valence-corrected chi connectivity index (χ0v) is 17.6. The molecule has 7 nitrogen and oxygen atoms in total. The van der Waals surface area contributed by atoms with Gasteiger partial charge in [-0.1, -0.05) is 18.2 Å². The molecule has 1 aromatic carbocycles. The number of benzene rings is 1. The maximum absolute atomic E-state index is 13.1. The summed E-state index contributed by atoms with van der Waals surface area (Å²) in [6.45, 7) is 1.60. The lowest BCUT2D eigenvalue weighted by molar-refractivity contribution is 0.0726. The number of rotatable bonds is 4. The summed E-state index contributed by atoms with van der Waals surface area (Å²) in [7, 11) is 0. The van der Waals surface area contributed by atoms with Crippen LogP contribution >= 0.6 is 0 Å². The van der Waals surface area contributed by atoms with Crippen molar-refractivity contribution in [2.45, 2.75) is 19.3 Å². The van der Waals surface area contributed by atoms with Crippen LogP contribution in [0.1, 0.15) is 40.0 Å². The number of aromatic nitrogens is 3. The summed E-state index contributed by atoms with van der Waals surface area (Å²) < 4.78 is 1.79. The molecule has 4 heterocycles. The van der Waals surface area contributed by atoms with Crippen molar-refractivity contribution in [3.05, 3.63) is 84.3 Å². The van der Waals surface area contributed by atoms with Crippen LogP contribution in [-0.4, -0.2) is 44.4 Å². The fourth-order valence-corrected chi connectivity index (χ4v) is 4.12. The molecule has 0 unspecified atom stereocenters. The number of fused-ring (bicyclic) bond motifs is 1. The minimum atomic E-state index is -0.220. The molecular weight excluding hydrogens is 402 g/mol. The van der Waals surface area contributed by atoms with Crippen molar-refractivity contribution in [2.75, 3.05) is 18.4 Å². The molecule has 1 saturated heterocycles. The van der Waals surface area contributed by atoms with Crippen molar-refractivity contribution in [3.63, 3.8) is 0 Å². The van der Waals surface area contributed by atoms with E-state index in [0.717, 1.165) is 42.7 Å². The molecule has 0 bridgehead atoms. The van der Waals surface area contributed by atoms with Crippen LogP contribution in [0.3, 0.4) is 0 Å². The summed E-state index contributed by atoms with van der Waals surface area (Å²) in [6.07, 6.45) is 8.10. The largest absolute Gasteiger partial charge is 0.339 e. The molecule has 7 heteroatoms. The third-order valence-corrected chi connectivity index (χ3v) is 5.76. The van der Waals surface area contributed by atoms with Gasteiger partial charge in [-0.05, 0) is 55.7 Å². The predicted octanol–water partition coefficient (Wildman–Crippen LogP) is 4.27. The van der Waals surface area contributed by atoms with Crippen LogP contribution in [0.25, 0.3) is 16.8 Å². The first-order valence-electron chi connectivity index (χ1n) is 10.8. The van der Waals surface area contributed by atoms with E-state index < -0.39 is 0 Å². The summed E-state index contributed by atoms with van der Waals surface area (Å²) in [5.74, 6) is -0.184. The van der Waals surface area contributed by atoms with Gasteiger partial charge < -0.3 is 10.2 Å². The van der Waals surface area contributed by atoms with Crippen molar-refractivity contribution < 1.29 is 9.59 Å². The molecule has 0 aliphatic carbocycles. The van der Waals surface area contributed by atoms with E-state index in [9.17, 15) is 9.59 Å². The number of pyridine rings is 2. The monoisotopic (exact) mass is 425 g/mol. The number of piperidine rings is 1. The van der Waals surface area contributed by atoms with Crippen LogP contribution in [0.5, 0.6) is 0 Å². The highest BCUT2D eigenvalue weighted by Gasteiger charge is 2.22. The molecule has 0 spiro atoms. The SMILES string of the molecule is O=C(Nc1cccc(-c2cccc3c(C(=O)N4CCCCC4)cnn23)c1)c1cccnc1. The first-order chi connectivity index (χ1) is 15.7. The molecule has 1 aliphatic rings. The molecular formula is C25H23N5O2. The van der Waals surface area contributed by atoms with Gasteiger partial charge in [-0.3, -0.25) is 14.6 Å². The fourth-order valence-electron chi connectivity index (χ4n) is 4.12. The molecule has 1 aliphatic heterocycles. The van der Waals surface area contributed by atoms with Crippen molar-refractivity contribution in [2.24, 2.45) is 0 Å². The maximum Gasteiger partial charge on any atom is 0.257 e. The molecule has 5 rings (SSSR count). The lowest BCUT2D eigenvalue weighted by atomic mass is 10.1. The molecule has 0 radical (unpaired) electrons. The minimum Gasteiger partial charge on any atom is -0.339 e. The lowest BCUT2D eigenvalue weighted by Crippen LogP contribution is -2.35. The van der Waals surface area contributed by atoms with Crippen molar-refractivity contribution >= 4 is 23.0 Å². The second-order valence-electron chi connectivity index (χ2n) is 7.90. The van der Waals surface area contributed by atoms with Crippen LogP contribution in [0, 0.1) is 0 Å². The van der Waals surface area contributed by atoms with Crippen molar-refractivity contribution in [3.8, 4) is 11.3 Å². The third kappa shape index (κ3) is 3.85. The first-order valence-corrected chi connectivity index (χ1v) is 10.8. The maximum atomic E-state index is 13.1. The summed E-state index contributed by atoms with van der Waals surface area (Å²) >= 11 is 0. The number of likely N-dealkylation sites (tertiary alicyclic amines) is 1. The Kier molecular flexibility index (Phi) is 5.37. The van der Waals surface area contributed by atoms with Gasteiger partial charge in [0, 0.05) is 36.7 Å². The van der Waals surface area contributed by atoms with Gasteiger partial charge in [-0.2, -0.15) is 5.10 Å². The standard InChI is InChI=1S/C25H23N5O2/c31-24(19-8-6-12-26-16-19)28-20-9-4-7-18(15-20)22-10-5-11-23-21(17-27-30(22)23)25(32)29-13-2-1-3-14-29/h4-12,15-17H,1-3,13-14H2,(H,28,31). The minimum absolute atomic E-state index is 0.0364. The van der Waals surface area contributed by atoms with Gasteiger partial charge in [0.2, 0.25) is 0 Å². The number of anilines is 1. The normalized spacial score (nSPS) is 13.8. The lowest BCUT2D eigenvalue weighted by Gasteiger charge is -2.26. The van der Waals surface area contributed by atoms with Crippen LogP contribution in [0.4, 0.5) is 5.69 Å². The molecule has 1 fully saturated rings. The van der Waals surface area contributed by atoms with E-state index in [-0.39, 0.29) is 11.8 Å². The average molecular weight is 425 g/mol. The van der Waals surface area contributed by atoms with Crippen molar-refractivity contribution in [1.29, 1.82) is 0 Å². The highest BCUT2D eigenvalue weighted by molar-refractivity contribution is 6.04. The second kappa shape index (κ2) is 8.63. The Hall–Kier alpha value is -4.00. The second-order valence-corrected chi connectivity index (χ2v) is 7.90. The Labute approximate surface area is 185 Å². The van der Waals surface area contributed by atoms with E-state index in [2.05, 4.69) is 15.4 Å². The zero-order valence-electron chi connectivity index (χ0n) is 17.6. The molecule has 0 atom stereocenters. The van der Waals surface area contributed by atoms with E-state index >= 15 is 0 Å². The Bertz CT molecular complexity index is 1280. The van der Waals surface area contributed by atoms with Crippen molar-refractivity contribution in [1.82, 2.24) is 19.5 Å². The number of hydrogen-bond acceptors (Lipinski definition) is 4. The van der Waals surface area contributed by atoms with Crippen LogP contribution in [0.2, 0.25) is 0 Å². The summed E-state index contributed by atoms with van der Waals surface area (Å²) in [6, 6.07) is 16.8. The Morgan fingerprint density at radius 1 is 0.906 bits per heavy atom. The topological polar surface area (TPSA) is 79.6 Å². The van der Waals surface area contributed by atoms with E-state index in [1.165, 1.54) is 12.6 Å². The summed E-state index contributed by atoms with van der Waals surface area (Å²) in [5.41, 5.74) is 4.30. The zero-order chi connectivity index (χ0) is 21.9. The van der Waals surface area contributed by atoms with Gasteiger partial charge >= 0.3 is 0 Å². The third-order valence-electron chi connectivity index (χ3n) is 5.76. The summed E-state index contributed by atoms with van der Waals surface area (Å²) in [5, 5.41) is 7.44. The molecule has 4 aromatic rings. The predicted molar refractivity (Wildman–Crippen MR) is 123 cm³/mol. The highest BCUT2D eigenvalue weighted by atomic mass is 16.2. The molecule has 3 aromatic heterocycles. The van der Waals surface area contributed by atoms with E-state index in [0.29, 0.717) is 16.8 Å². The van der Waals surface area contributed by atoms with E-state index in [1.807, 2.05) is 47.4 Å².